The molecule has 0 radical (unpaired) electrons. The molecule has 0 aromatic carbocycles. The second kappa shape index (κ2) is 8.21. The lowest BCUT2D eigenvalue weighted by Crippen LogP contribution is -1.97. The van der Waals surface area contributed by atoms with Gasteiger partial charge in [0.2, 0.25) is 0 Å². The zero-order valence-corrected chi connectivity index (χ0v) is 9.25. The molecule has 13 heavy (non-hydrogen) atoms. The van der Waals surface area contributed by atoms with E-state index in [4.69, 9.17) is 0 Å². The van der Waals surface area contributed by atoms with Crippen molar-refractivity contribution in [3.05, 3.63) is 4.91 Å². The first kappa shape index (κ1) is 12.6. The molecule has 0 heterocycles. The Morgan fingerprint density at radius 1 is 1.00 bits per heavy atom. The predicted octanol–water partition coefficient (Wildman–Crippen LogP) is 4.00. The molecule has 1 unspecified atom stereocenters. The lowest BCUT2D eigenvalue weighted by Gasteiger charge is -2.10. The van der Waals surface area contributed by atoms with Crippen molar-refractivity contribution in [2.75, 3.05) is 6.54 Å². The molecule has 0 aromatic heterocycles. The summed E-state index contributed by atoms with van der Waals surface area (Å²) >= 11 is 0. The molecular formula is C11H23NO. The van der Waals surface area contributed by atoms with Crippen molar-refractivity contribution in [2.24, 2.45) is 17.0 Å². The van der Waals surface area contributed by atoms with Gasteiger partial charge in [-0.2, -0.15) is 4.91 Å². The highest BCUT2D eigenvalue weighted by Gasteiger charge is 2.02. The normalized spacial score (nSPS) is 13.2. The molecule has 0 amide bonds. The molecular weight excluding hydrogens is 162 g/mol. The van der Waals surface area contributed by atoms with Gasteiger partial charge in [-0.15, -0.1) is 0 Å². The number of rotatable bonds is 8. The van der Waals surface area contributed by atoms with E-state index < -0.39 is 0 Å². The standard InChI is InChI=1S/C11H23NO/c1-10(2)6-4-7-11(3)8-5-9-12-13/h10-11H,4-9H2,1-3H3. The molecule has 1 atom stereocenters. The van der Waals surface area contributed by atoms with Gasteiger partial charge in [-0.1, -0.05) is 45.2 Å². The molecule has 0 rings (SSSR count). The number of nitroso groups, excluding NO2 is 1. The third kappa shape index (κ3) is 9.51. The Morgan fingerprint density at radius 3 is 2.15 bits per heavy atom. The maximum absolute atomic E-state index is 9.84. The Morgan fingerprint density at radius 2 is 1.62 bits per heavy atom. The fourth-order valence-electron chi connectivity index (χ4n) is 1.52. The van der Waals surface area contributed by atoms with Gasteiger partial charge in [0.25, 0.3) is 0 Å². The van der Waals surface area contributed by atoms with E-state index in [1.54, 1.807) is 0 Å². The minimum Gasteiger partial charge on any atom is -0.151 e. The minimum atomic E-state index is 0.495. The highest BCUT2D eigenvalue weighted by atomic mass is 16.3. The monoisotopic (exact) mass is 185 g/mol. The van der Waals surface area contributed by atoms with Crippen LogP contribution in [-0.4, -0.2) is 6.54 Å². The van der Waals surface area contributed by atoms with E-state index in [-0.39, 0.29) is 0 Å². The Balaban J connectivity index is 3.19. The zero-order valence-electron chi connectivity index (χ0n) is 9.25. The van der Waals surface area contributed by atoms with Crippen LogP contribution in [0.5, 0.6) is 0 Å². The maximum Gasteiger partial charge on any atom is 0.0811 e. The molecule has 0 fully saturated rings. The second-order valence-corrected chi connectivity index (χ2v) is 4.42. The van der Waals surface area contributed by atoms with Gasteiger partial charge in [0.05, 0.1) is 6.54 Å². The molecule has 0 spiro atoms. The summed E-state index contributed by atoms with van der Waals surface area (Å²) in [5.41, 5.74) is 0. The summed E-state index contributed by atoms with van der Waals surface area (Å²) in [6.07, 6.45) is 6.08. The topological polar surface area (TPSA) is 29.4 Å². The van der Waals surface area contributed by atoms with Crippen molar-refractivity contribution >= 4 is 0 Å². The SMILES string of the molecule is CC(C)CCCC(C)CCCN=O. The molecule has 0 saturated heterocycles. The van der Waals surface area contributed by atoms with Crippen molar-refractivity contribution < 1.29 is 0 Å². The molecule has 78 valence electrons. The van der Waals surface area contributed by atoms with Gasteiger partial charge in [-0.3, -0.25) is 0 Å². The minimum absolute atomic E-state index is 0.495. The highest BCUT2D eigenvalue weighted by Crippen LogP contribution is 2.16. The number of nitrogens with zero attached hydrogens (tertiary/aromatic N) is 1. The van der Waals surface area contributed by atoms with E-state index in [1.165, 1.54) is 19.3 Å². The summed E-state index contributed by atoms with van der Waals surface area (Å²) in [7, 11) is 0. The Labute approximate surface area is 82.1 Å². The smallest absolute Gasteiger partial charge is 0.0811 e. The molecule has 2 heteroatoms. The van der Waals surface area contributed by atoms with Crippen molar-refractivity contribution in [2.45, 2.75) is 52.9 Å². The van der Waals surface area contributed by atoms with Crippen LogP contribution in [0.2, 0.25) is 0 Å². The van der Waals surface area contributed by atoms with E-state index in [0.29, 0.717) is 6.54 Å². The Hall–Kier alpha value is -0.400. The summed E-state index contributed by atoms with van der Waals surface area (Å²) in [4.78, 5) is 9.84. The molecule has 2 nitrogen and oxygen atoms in total. The third-order valence-corrected chi connectivity index (χ3v) is 2.42. The summed E-state index contributed by atoms with van der Waals surface area (Å²) in [5.74, 6) is 1.59. The van der Waals surface area contributed by atoms with Crippen LogP contribution in [0, 0.1) is 16.7 Å². The molecule has 0 bridgehead atoms. The second-order valence-electron chi connectivity index (χ2n) is 4.42. The lowest BCUT2D eigenvalue weighted by molar-refractivity contribution is 0.429. The molecule has 0 saturated carbocycles. The van der Waals surface area contributed by atoms with Crippen LogP contribution in [-0.2, 0) is 0 Å². The van der Waals surface area contributed by atoms with Crippen molar-refractivity contribution in [1.82, 2.24) is 0 Å². The van der Waals surface area contributed by atoms with Crippen LogP contribution in [0.4, 0.5) is 0 Å². The molecule has 0 N–H and O–H groups in total. The summed E-state index contributed by atoms with van der Waals surface area (Å²) in [6.45, 7) is 7.29. The van der Waals surface area contributed by atoms with Gasteiger partial charge in [0.15, 0.2) is 0 Å². The first-order valence-corrected chi connectivity index (χ1v) is 5.46. The van der Waals surface area contributed by atoms with Gasteiger partial charge in [0, 0.05) is 0 Å². The van der Waals surface area contributed by atoms with E-state index in [1.807, 2.05) is 0 Å². The fraction of sp³-hybridized carbons (Fsp3) is 1.00. The first-order chi connectivity index (χ1) is 6.16. The fourth-order valence-corrected chi connectivity index (χ4v) is 1.52. The van der Waals surface area contributed by atoms with Crippen LogP contribution < -0.4 is 0 Å². The molecule has 0 aliphatic heterocycles. The summed E-state index contributed by atoms with van der Waals surface area (Å²) < 4.78 is 0. The van der Waals surface area contributed by atoms with Crippen LogP contribution in [0.1, 0.15) is 52.9 Å². The maximum atomic E-state index is 9.84. The van der Waals surface area contributed by atoms with Gasteiger partial charge >= 0.3 is 0 Å². The average Bonchev–Trinajstić information content (AvgIpc) is 2.04. The van der Waals surface area contributed by atoms with Crippen LogP contribution in [0.3, 0.4) is 0 Å². The van der Waals surface area contributed by atoms with Gasteiger partial charge < -0.3 is 0 Å². The van der Waals surface area contributed by atoms with Crippen molar-refractivity contribution in [1.29, 1.82) is 0 Å². The van der Waals surface area contributed by atoms with E-state index in [2.05, 4.69) is 25.9 Å². The summed E-state index contributed by atoms with van der Waals surface area (Å²) in [5, 5.41) is 2.87. The lowest BCUT2D eigenvalue weighted by atomic mass is 9.96. The highest BCUT2D eigenvalue weighted by molar-refractivity contribution is 4.56. The molecule has 0 aliphatic carbocycles. The first-order valence-electron chi connectivity index (χ1n) is 5.46. The Kier molecular flexibility index (Phi) is 7.96. The van der Waals surface area contributed by atoms with Crippen molar-refractivity contribution in [3.63, 3.8) is 0 Å². The predicted molar refractivity (Wildman–Crippen MR) is 57.7 cm³/mol. The van der Waals surface area contributed by atoms with Gasteiger partial charge in [-0.05, 0) is 24.7 Å². The number of hydrogen-bond donors (Lipinski definition) is 0. The zero-order chi connectivity index (χ0) is 10.1. The van der Waals surface area contributed by atoms with Crippen molar-refractivity contribution in [3.8, 4) is 0 Å². The van der Waals surface area contributed by atoms with E-state index in [0.717, 1.165) is 24.7 Å². The van der Waals surface area contributed by atoms with E-state index >= 15 is 0 Å². The number of hydrogen-bond acceptors (Lipinski definition) is 2. The third-order valence-electron chi connectivity index (χ3n) is 2.42. The summed E-state index contributed by atoms with van der Waals surface area (Å²) in [6, 6.07) is 0. The molecule has 0 aromatic rings. The van der Waals surface area contributed by atoms with Crippen LogP contribution >= 0.6 is 0 Å². The van der Waals surface area contributed by atoms with Gasteiger partial charge in [-0.25, -0.2) is 0 Å². The van der Waals surface area contributed by atoms with Gasteiger partial charge in [0.1, 0.15) is 0 Å². The quantitative estimate of drug-likeness (QED) is 0.415. The van der Waals surface area contributed by atoms with E-state index in [9.17, 15) is 4.91 Å². The molecule has 0 aliphatic rings. The van der Waals surface area contributed by atoms with Crippen LogP contribution in [0.15, 0.2) is 5.18 Å². The average molecular weight is 185 g/mol. The van der Waals surface area contributed by atoms with Crippen LogP contribution in [0.25, 0.3) is 0 Å². The largest absolute Gasteiger partial charge is 0.151 e. The Bertz CT molecular complexity index is 123.